The molecule has 0 radical (unpaired) electrons. The first kappa shape index (κ1) is 19.8. The third-order valence-electron chi connectivity index (χ3n) is 6.00. The van der Waals surface area contributed by atoms with E-state index in [4.69, 9.17) is 0 Å². The Bertz CT molecular complexity index is 902. The number of hydrogen-bond acceptors (Lipinski definition) is 0. The van der Waals surface area contributed by atoms with Gasteiger partial charge >= 0.3 is 18.9 Å². The fourth-order valence-electron chi connectivity index (χ4n) is 4.66. The van der Waals surface area contributed by atoms with E-state index < -0.39 is 6.15 Å². The molecular weight excluding hydrogens is 318 g/mol. The fraction of sp³-hybridized carbons (Fsp3) is 0.200. The van der Waals surface area contributed by atoms with Gasteiger partial charge in [-0.15, -0.1) is 6.32 Å². The van der Waals surface area contributed by atoms with Crippen LogP contribution in [0.2, 0.25) is 6.32 Å². The fourth-order valence-corrected chi connectivity index (χ4v) is 4.66. The van der Waals surface area contributed by atoms with Crippen molar-refractivity contribution < 1.29 is 18.9 Å². The van der Waals surface area contributed by atoms with Crippen LogP contribution in [0, 0.1) is 0 Å². The topological polar surface area (TPSA) is 0 Å². The maximum Gasteiger partial charge on any atom is 1.00 e. The number of fused-ring (bicyclic) bond motifs is 1. The molecule has 0 N–H and O–H groups in total. The van der Waals surface area contributed by atoms with Crippen LogP contribution in [0.4, 0.5) is 0 Å². The second-order valence-electron chi connectivity index (χ2n) is 7.70. The average Bonchev–Trinajstić information content (AvgIpc) is 2.73. The van der Waals surface area contributed by atoms with E-state index in [2.05, 4.69) is 97.8 Å². The Morgan fingerprint density at radius 3 is 2.11 bits per heavy atom. The number of unbranched alkanes of at least 4 members (excludes halogenated alkanes) is 1. The Labute approximate surface area is 175 Å². The van der Waals surface area contributed by atoms with Crippen molar-refractivity contribution in [1.29, 1.82) is 0 Å². The summed E-state index contributed by atoms with van der Waals surface area (Å²) in [6, 6.07) is 31.1. The molecular formula is C25H26BLi. The molecule has 0 aliphatic carbocycles. The van der Waals surface area contributed by atoms with Crippen molar-refractivity contribution >= 4 is 17.2 Å². The van der Waals surface area contributed by atoms with Crippen LogP contribution in [-0.4, -0.2) is 6.15 Å². The molecule has 130 valence electrons. The van der Waals surface area contributed by atoms with E-state index in [-0.39, 0.29) is 18.9 Å². The summed E-state index contributed by atoms with van der Waals surface area (Å²) in [6.45, 7) is 2.30. The van der Waals surface area contributed by atoms with Crippen molar-refractivity contribution in [2.45, 2.75) is 32.4 Å². The van der Waals surface area contributed by atoms with Gasteiger partial charge in [0.05, 0.1) is 6.15 Å². The Morgan fingerprint density at radius 2 is 1.41 bits per heavy atom. The summed E-state index contributed by atoms with van der Waals surface area (Å²) in [4.78, 5) is 0. The predicted octanol–water partition coefficient (Wildman–Crippen LogP) is 2.91. The summed E-state index contributed by atoms with van der Waals surface area (Å²) in [5.41, 5.74) is 7.15. The van der Waals surface area contributed by atoms with Crippen molar-refractivity contribution in [3.63, 3.8) is 0 Å². The molecule has 1 heterocycles. The van der Waals surface area contributed by atoms with Gasteiger partial charge in [-0.25, -0.2) is 11.4 Å². The van der Waals surface area contributed by atoms with Gasteiger partial charge in [-0.1, -0.05) is 116 Å². The SMILES string of the molecule is CCCC[B-]1(c2ccccc2)C=C(c2ccccc2)c2ccccc2C1.[Li+]. The first-order valence-electron chi connectivity index (χ1n) is 9.94. The van der Waals surface area contributed by atoms with E-state index in [9.17, 15) is 0 Å². The maximum atomic E-state index is 2.63. The molecule has 1 unspecified atom stereocenters. The molecule has 0 saturated heterocycles. The summed E-state index contributed by atoms with van der Waals surface area (Å²) < 4.78 is 0. The Morgan fingerprint density at radius 1 is 0.778 bits per heavy atom. The minimum absolute atomic E-state index is 0. The molecule has 0 fully saturated rings. The van der Waals surface area contributed by atoms with E-state index in [1.54, 1.807) is 0 Å². The van der Waals surface area contributed by atoms with Crippen molar-refractivity contribution in [2.24, 2.45) is 0 Å². The summed E-state index contributed by atoms with van der Waals surface area (Å²) in [5, 5.41) is 0. The number of rotatable bonds is 5. The zero-order valence-corrected chi connectivity index (χ0v) is 16.6. The number of benzene rings is 3. The second-order valence-corrected chi connectivity index (χ2v) is 7.70. The molecule has 3 aromatic rings. The molecule has 0 saturated carbocycles. The summed E-state index contributed by atoms with van der Waals surface area (Å²) in [6.07, 6.45) is 4.18. The molecule has 0 amide bonds. The largest absolute Gasteiger partial charge is 1.00 e. The van der Waals surface area contributed by atoms with E-state index >= 15 is 0 Å². The van der Waals surface area contributed by atoms with Gasteiger partial charge in [-0.3, -0.25) is 0 Å². The zero-order valence-electron chi connectivity index (χ0n) is 16.6. The predicted molar refractivity (Wildman–Crippen MR) is 115 cm³/mol. The number of hydrogen-bond donors (Lipinski definition) is 0. The quantitative estimate of drug-likeness (QED) is 0.625. The smallest absolute Gasteiger partial charge is 0.232 e. The molecule has 1 aliphatic rings. The van der Waals surface area contributed by atoms with Crippen LogP contribution in [-0.2, 0) is 6.32 Å². The summed E-state index contributed by atoms with van der Waals surface area (Å²) in [7, 11) is 0. The van der Waals surface area contributed by atoms with Gasteiger partial charge in [0.2, 0.25) is 0 Å². The second kappa shape index (κ2) is 8.83. The minimum Gasteiger partial charge on any atom is -0.232 e. The molecule has 3 aromatic carbocycles. The van der Waals surface area contributed by atoms with Gasteiger partial charge in [0.1, 0.15) is 0 Å². The molecule has 0 spiro atoms. The van der Waals surface area contributed by atoms with Gasteiger partial charge in [0.15, 0.2) is 0 Å². The van der Waals surface area contributed by atoms with Crippen molar-refractivity contribution in [3.05, 3.63) is 108 Å². The van der Waals surface area contributed by atoms with Crippen LogP contribution < -0.4 is 24.3 Å². The van der Waals surface area contributed by atoms with Crippen molar-refractivity contribution in [1.82, 2.24) is 0 Å². The third kappa shape index (κ3) is 4.01. The first-order valence-corrected chi connectivity index (χ1v) is 9.94. The molecule has 1 aliphatic heterocycles. The van der Waals surface area contributed by atoms with E-state index in [1.165, 1.54) is 46.9 Å². The Kier molecular flexibility index (Phi) is 6.48. The third-order valence-corrected chi connectivity index (χ3v) is 6.00. The Hall–Kier alpha value is -1.94. The minimum atomic E-state index is -0.738. The van der Waals surface area contributed by atoms with Crippen LogP contribution in [0.1, 0.15) is 36.5 Å². The molecule has 4 rings (SSSR count). The van der Waals surface area contributed by atoms with Gasteiger partial charge in [0.25, 0.3) is 0 Å². The first-order chi connectivity index (χ1) is 12.8. The molecule has 0 aromatic heterocycles. The van der Waals surface area contributed by atoms with Gasteiger partial charge in [0, 0.05) is 0 Å². The van der Waals surface area contributed by atoms with Crippen LogP contribution in [0.3, 0.4) is 0 Å². The van der Waals surface area contributed by atoms with Gasteiger partial charge in [-0.2, -0.15) is 6.32 Å². The molecule has 2 heteroatoms. The van der Waals surface area contributed by atoms with Crippen LogP contribution >= 0.6 is 0 Å². The summed E-state index contributed by atoms with van der Waals surface area (Å²) >= 11 is 0. The monoisotopic (exact) mass is 344 g/mol. The zero-order chi connectivity index (χ0) is 17.8. The Balaban J connectivity index is 0.00000210. The van der Waals surface area contributed by atoms with Crippen LogP contribution in [0.5, 0.6) is 0 Å². The van der Waals surface area contributed by atoms with Crippen molar-refractivity contribution in [3.8, 4) is 0 Å². The van der Waals surface area contributed by atoms with Crippen LogP contribution in [0.25, 0.3) is 5.57 Å². The molecule has 0 bridgehead atoms. The molecule has 0 nitrogen and oxygen atoms in total. The molecule has 27 heavy (non-hydrogen) atoms. The van der Waals surface area contributed by atoms with Gasteiger partial charge in [-0.05, 0) is 11.1 Å². The van der Waals surface area contributed by atoms with E-state index in [0.717, 1.165) is 6.32 Å². The van der Waals surface area contributed by atoms with Crippen LogP contribution in [0.15, 0.2) is 90.9 Å². The van der Waals surface area contributed by atoms with E-state index in [0.29, 0.717) is 0 Å². The normalized spacial score (nSPS) is 18.2. The van der Waals surface area contributed by atoms with E-state index in [1.807, 2.05) is 0 Å². The standard InChI is InChI=1S/C25H26B.Li/c1-2-3-18-26(23-15-8-5-9-16-23)19-22-14-10-11-17-24(22)25(20-26)21-12-6-4-7-13-21;/h4-17,20H,2-3,18-19H2,1H3;/q-1;+1. The average molecular weight is 344 g/mol. The maximum absolute atomic E-state index is 2.63. The van der Waals surface area contributed by atoms with Gasteiger partial charge < -0.3 is 0 Å². The summed E-state index contributed by atoms with van der Waals surface area (Å²) in [5.74, 6) is 2.63. The molecule has 1 atom stereocenters. The van der Waals surface area contributed by atoms with Crippen molar-refractivity contribution in [2.75, 3.05) is 0 Å².